The molecule has 0 radical (unpaired) electrons. The van der Waals surface area contributed by atoms with Crippen molar-refractivity contribution in [2.24, 2.45) is 0 Å². The maximum atomic E-state index is 11.8. The molecule has 0 aromatic carbocycles. The fourth-order valence-electron chi connectivity index (χ4n) is 1.47. The molecule has 0 aromatic rings. The first kappa shape index (κ1) is 24.4. The Kier molecular flexibility index (Phi) is 11.9. The molecule has 150 valence electrons. The average Bonchev–Trinajstić information content (AvgIpc) is 2.64. The molecule has 0 aromatic heterocycles. The molecular formula is C19H24N4O5. The van der Waals surface area contributed by atoms with E-state index in [2.05, 4.69) is 0 Å². The molecule has 1 N–H and O–H groups in total. The molecule has 0 aliphatic heterocycles. The maximum Gasteiger partial charge on any atom is 0.348 e. The Bertz CT molecular complexity index is 674. The van der Waals surface area contributed by atoms with Crippen molar-refractivity contribution in [1.82, 2.24) is 9.80 Å². The van der Waals surface area contributed by atoms with Crippen LogP contribution in [0.1, 0.15) is 0 Å². The van der Waals surface area contributed by atoms with Crippen molar-refractivity contribution in [3.63, 3.8) is 0 Å². The van der Waals surface area contributed by atoms with Gasteiger partial charge in [-0.3, -0.25) is 0 Å². The molecule has 0 saturated carbocycles. The second-order valence-corrected chi connectivity index (χ2v) is 5.85. The fraction of sp³-hybridized carbons (Fsp3) is 0.368. The third-order valence-electron chi connectivity index (χ3n) is 2.79. The van der Waals surface area contributed by atoms with Gasteiger partial charge in [0.05, 0.1) is 0 Å². The van der Waals surface area contributed by atoms with Crippen LogP contribution in [0.2, 0.25) is 0 Å². The molecule has 0 amide bonds. The molecule has 0 heterocycles. The summed E-state index contributed by atoms with van der Waals surface area (Å²) >= 11 is 0. The van der Waals surface area contributed by atoms with Crippen LogP contribution in [0.25, 0.3) is 0 Å². The summed E-state index contributed by atoms with van der Waals surface area (Å²) in [5.74, 6) is -1.83. The van der Waals surface area contributed by atoms with E-state index in [0.29, 0.717) is 0 Å². The Balaban J connectivity index is 4.57. The lowest BCUT2D eigenvalue weighted by molar-refractivity contribution is -0.147. The second kappa shape index (κ2) is 13.6. The Hall–Kier alpha value is -3.56. The highest BCUT2D eigenvalue weighted by Gasteiger charge is 2.16. The summed E-state index contributed by atoms with van der Waals surface area (Å²) in [5.41, 5.74) is -0.491. The number of ether oxygens (including phenoxy) is 2. The van der Waals surface area contributed by atoms with Crippen LogP contribution in [-0.2, 0) is 19.1 Å². The molecular weight excluding hydrogens is 364 g/mol. The minimum atomic E-state index is -1.30. The number of nitrogens with zero attached hydrogens (tertiary/aromatic N) is 4. The van der Waals surface area contributed by atoms with Crippen molar-refractivity contribution in [1.29, 1.82) is 10.5 Å². The van der Waals surface area contributed by atoms with Crippen molar-refractivity contribution >= 4 is 11.9 Å². The number of hydrogen-bond acceptors (Lipinski definition) is 9. The molecule has 28 heavy (non-hydrogen) atoms. The van der Waals surface area contributed by atoms with Crippen LogP contribution in [0.3, 0.4) is 0 Å². The quantitative estimate of drug-likeness (QED) is 0.246. The first-order valence-corrected chi connectivity index (χ1v) is 8.13. The van der Waals surface area contributed by atoms with Crippen molar-refractivity contribution in [2.45, 2.75) is 6.10 Å². The average molecular weight is 388 g/mol. The van der Waals surface area contributed by atoms with Gasteiger partial charge in [0, 0.05) is 28.2 Å². The number of esters is 2. The minimum absolute atomic E-state index is 0.246. The topological polar surface area (TPSA) is 127 Å². The van der Waals surface area contributed by atoms with Gasteiger partial charge in [-0.15, -0.1) is 0 Å². The standard InChI is InChI=1S/C19H24N4O5/c1-22(2)9-5-7-15(11-20)18(25)27-13-17(24)14-28-19(26)16(12-21)8-6-10-23(3)4/h5-10,17,24H,13-14H2,1-4H3. The Morgan fingerprint density at radius 1 is 0.893 bits per heavy atom. The maximum absolute atomic E-state index is 11.8. The van der Waals surface area contributed by atoms with Gasteiger partial charge in [-0.2, -0.15) is 10.5 Å². The Morgan fingerprint density at radius 3 is 1.54 bits per heavy atom. The number of hydrogen-bond donors (Lipinski definition) is 1. The molecule has 0 aliphatic rings. The van der Waals surface area contributed by atoms with E-state index < -0.39 is 31.3 Å². The second-order valence-electron chi connectivity index (χ2n) is 5.85. The van der Waals surface area contributed by atoms with Crippen LogP contribution >= 0.6 is 0 Å². The lowest BCUT2D eigenvalue weighted by atomic mass is 10.2. The molecule has 0 aliphatic carbocycles. The van der Waals surface area contributed by atoms with Gasteiger partial charge in [0.1, 0.15) is 42.6 Å². The number of nitriles is 2. The predicted octanol–water partition coefficient (Wildman–Crippen LogP) is 0.484. The van der Waals surface area contributed by atoms with Crippen molar-refractivity contribution in [3.8, 4) is 12.1 Å². The zero-order valence-corrected chi connectivity index (χ0v) is 16.3. The number of aliphatic hydroxyl groups excluding tert-OH is 1. The number of allylic oxidation sites excluding steroid dienone is 4. The summed E-state index contributed by atoms with van der Waals surface area (Å²) in [6, 6.07) is 3.39. The lowest BCUT2D eigenvalue weighted by Crippen LogP contribution is -2.26. The normalized spacial score (nSPS) is 13.0. The van der Waals surface area contributed by atoms with E-state index in [-0.39, 0.29) is 11.1 Å². The van der Waals surface area contributed by atoms with Gasteiger partial charge in [-0.05, 0) is 36.7 Å². The number of carbonyl (C=O) groups is 2. The van der Waals surface area contributed by atoms with E-state index in [4.69, 9.17) is 20.0 Å². The number of carbonyl (C=O) groups excluding carboxylic acids is 2. The third kappa shape index (κ3) is 11.1. The molecule has 0 unspecified atom stereocenters. The van der Waals surface area contributed by atoms with E-state index in [1.165, 1.54) is 24.3 Å². The summed E-state index contributed by atoms with van der Waals surface area (Å²) in [7, 11) is 7.10. The zero-order chi connectivity index (χ0) is 21.5. The van der Waals surface area contributed by atoms with Crippen LogP contribution in [-0.4, -0.2) is 74.4 Å². The van der Waals surface area contributed by atoms with Gasteiger partial charge in [0.15, 0.2) is 0 Å². The molecule has 0 fully saturated rings. The Morgan fingerprint density at radius 2 is 1.25 bits per heavy atom. The van der Waals surface area contributed by atoms with E-state index in [1.807, 2.05) is 0 Å². The lowest BCUT2D eigenvalue weighted by Gasteiger charge is -2.11. The first-order valence-electron chi connectivity index (χ1n) is 8.13. The van der Waals surface area contributed by atoms with Crippen LogP contribution in [0.4, 0.5) is 0 Å². The third-order valence-corrected chi connectivity index (χ3v) is 2.79. The molecule has 0 atom stereocenters. The molecule has 9 heteroatoms. The van der Waals surface area contributed by atoms with Crippen LogP contribution in [0.15, 0.2) is 47.9 Å². The highest BCUT2D eigenvalue weighted by atomic mass is 16.6. The van der Waals surface area contributed by atoms with Crippen molar-refractivity contribution < 1.29 is 24.2 Å². The van der Waals surface area contributed by atoms with Gasteiger partial charge >= 0.3 is 11.9 Å². The van der Waals surface area contributed by atoms with E-state index in [0.717, 1.165) is 0 Å². The smallest absolute Gasteiger partial charge is 0.348 e. The monoisotopic (exact) mass is 388 g/mol. The minimum Gasteiger partial charge on any atom is -0.459 e. The van der Waals surface area contributed by atoms with E-state index in [9.17, 15) is 14.7 Å². The molecule has 0 rings (SSSR count). The highest BCUT2D eigenvalue weighted by Crippen LogP contribution is 2.02. The molecule has 9 nitrogen and oxygen atoms in total. The zero-order valence-electron chi connectivity index (χ0n) is 16.3. The van der Waals surface area contributed by atoms with E-state index >= 15 is 0 Å². The summed E-state index contributed by atoms with van der Waals surface area (Å²) in [4.78, 5) is 27.0. The van der Waals surface area contributed by atoms with Gasteiger partial charge in [0.25, 0.3) is 0 Å². The van der Waals surface area contributed by atoms with Crippen molar-refractivity contribution in [3.05, 3.63) is 47.9 Å². The fourth-order valence-corrected chi connectivity index (χ4v) is 1.47. The molecule has 0 saturated heterocycles. The van der Waals surface area contributed by atoms with Gasteiger partial charge in [-0.1, -0.05) is 0 Å². The van der Waals surface area contributed by atoms with Crippen LogP contribution < -0.4 is 0 Å². The van der Waals surface area contributed by atoms with Gasteiger partial charge in [0.2, 0.25) is 0 Å². The summed E-state index contributed by atoms with van der Waals surface area (Å²) in [6.07, 6.45) is 7.51. The summed E-state index contributed by atoms with van der Waals surface area (Å²) in [5, 5.41) is 27.7. The SMILES string of the molecule is CN(C)C=CC=C(C#N)C(=O)OCC(O)COC(=O)C(C#N)=CC=CN(C)C. The van der Waals surface area contributed by atoms with Gasteiger partial charge < -0.3 is 24.4 Å². The Labute approximate surface area is 164 Å². The van der Waals surface area contributed by atoms with Gasteiger partial charge in [-0.25, -0.2) is 9.59 Å². The van der Waals surface area contributed by atoms with Crippen LogP contribution in [0, 0.1) is 22.7 Å². The van der Waals surface area contributed by atoms with Crippen molar-refractivity contribution in [2.75, 3.05) is 41.4 Å². The van der Waals surface area contributed by atoms with Crippen LogP contribution in [0.5, 0.6) is 0 Å². The first-order chi connectivity index (χ1) is 13.2. The molecule has 0 spiro atoms. The number of aliphatic hydroxyl groups is 1. The molecule has 0 bridgehead atoms. The predicted molar refractivity (Wildman–Crippen MR) is 101 cm³/mol. The summed E-state index contributed by atoms with van der Waals surface area (Å²) in [6.45, 7) is -0.955. The largest absolute Gasteiger partial charge is 0.459 e. The van der Waals surface area contributed by atoms with E-state index in [1.54, 1.807) is 62.5 Å². The summed E-state index contributed by atoms with van der Waals surface area (Å²) < 4.78 is 9.62. The number of rotatable bonds is 10. The highest BCUT2D eigenvalue weighted by molar-refractivity contribution is 5.93.